The van der Waals surface area contributed by atoms with E-state index in [0.29, 0.717) is 30.7 Å². The maximum atomic E-state index is 12.6. The Bertz CT molecular complexity index is 851. The van der Waals surface area contributed by atoms with Crippen molar-refractivity contribution in [2.24, 2.45) is 7.05 Å². The summed E-state index contributed by atoms with van der Waals surface area (Å²) in [5.74, 6) is 0. The Morgan fingerprint density at radius 3 is 2.79 bits per heavy atom. The number of hydrogen-bond acceptors (Lipinski definition) is 5. The molecule has 1 aliphatic rings. The Labute approximate surface area is 144 Å². The molecule has 0 N–H and O–H groups in total. The summed E-state index contributed by atoms with van der Waals surface area (Å²) >= 11 is 5.88. The van der Waals surface area contributed by atoms with E-state index in [2.05, 4.69) is 9.97 Å². The van der Waals surface area contributed by atoms with Gasteiger partial charge in [0.15, 0.2) is 5.65 Å². The van der Waals surface area contributed by atoms with Gasteiger partial charge in [0.25, 0.3) is 0 Å². The van der Waals surface area contributed by atoms with Crippen molar-refractivity contribution < 1.29 is 9.53 Å². The molecule has 0 saturated carbocycles. The minimum Gasteiger partial charge on any atom is -0.444 e. The fraction of sp³-hybridized carbons (Fsp3) is 0.600. The number of likely N-dealkylation sites (tertiary alicyclic amines) is 1. The van der Waals surface area contributed by atoms with Crippen LogP contribution in [0.3, 0.4) is 0 Å². The fourth-order valence-corrected chi connectivity index (χ4v) is 3.02. The van der Waals surface area contributed by atoms with Crippen LogP contribution in [0.25, 0.3) is 11.2 Å². The lowest BCUT2D eigenvalue weighted by Crippen LogP contribution is -2.36. The third kappa shape index (κ3) is 2.98. The van der Waals surface area contributed by atoms with Crippen molar-refractivity contribution >= 4 is 28.9 Å². The topological polar surface area (TPSA) is 82.2 Å². The molecule has 0 radical (unpaired) electrons. The highest BCUT2D eigenvalue weighted by atomic mass is 35.5. The monoisotopic (exact) mass is 353 g/mol. The third-order valence-corrected chi connectivity index (χ3v) is 4.17. The summed E-state index contributed by atoms with van der Waals surface area (Å²) in [6.07, 6.45) is 1.81. The highest BCUT2D eigenvalue weighted by molar-refractivity contribution is 6.28. The van der Waals surface area contributed by atoms with Gasteiger partial charge in [0.05, 0.1) is 12.2 Å². The summed E-state index contributed by atoms with van der Waals surface area (Å²) in [6.45, 7) is 6.41. The Balaban J connectivity index is 1.90. The number of carbonyl (C=O) groups excluding carboxylic acids is 1. The zero-order valence-electron chi connectivity index (χ0n) is 14.1. The first-order valence-electron chi connectivity index (χ1n) is 7.75. The van der Waals surface area contributed by atoms with Crippen LogP contribution in [0.5, 0.6) is 0 Å². The molecular formula is C15H20ClN5O3. The van der Waals surface area contributed by atoms with Gasteiger partial charge in [-0.3, -0.25) is 9.13 Å². The van der Waals surface area contributed by atoms with Crippen LogP contribution < -0.4 is 5.69 Å². The summed E-state index contributed by atoms with van der Waals surface area (Å²) < 4.78 is 8.47. The highest BCUT2D eigenvalue weighted by Gasteiger charge is 2.33. The lowest BCUT2D eigenvalue weighted by molar-refractivity contribution is 0.0289. The Kier molecular flexibility index (Phi) is 4.03. The van der Waals surface area contributed by atoms with Gasteiger partial charge in [-0.25, -0.2) is 14.6 Å². The van der Waals surface area contributed by atoms with Gasteiger partial charge in [0.1, 0.15) is 11.1 Å². The van der Waals surface area contributed by atoms with Crippen LogP contribution in [0, 0.1) is 0 Å². The Hall–Kier alpha value is -2.09. The van der Waals surface area contributed by atoms with Gasteiger partial charge in [-0.15, -0.1) is 0 Å². The number of halogens is 1. The lowest BCUT2D eigenvalue weighted by atomic mass is 10.2. The zero-order valence-corrected chi connectivity index (χ0v) is 14.9. The molecule has 130 valence electrons. The molecule has 1 fully saturated rings. The van der Waals surface area contributed by atoms with E-state index in [1.807, 2.05) is 20.8 Å². The number of rotatable bonds is 1. The number of fused-ring (bicyclic) bond motifs is 1. The number of aryl methyl sites for hydroxylation is 1. The van der Waals surface area contributed by atoms with Gasteiger partial charge in [0, 0.05) is 20.1 Å². The van der Waals surface area contributed by atoms with Gasteiger partial charge < -0.3 is 9.64 Å². The molecule has 1 saturated heterocycles. The SMILES string of the molecule is Cn1c(=O)n([C@H]2CCN(C(=O)OC(C)(C)C)C2)c2nc(Cl)ncc21. The van der Waals surface area contributed by atoms with Crippen LogP contribution in [0.4, 0.5) is 4.79 Å². The molecule has 9 heteroatoms. The molecule has 0 aromatic carbocycles. The minimum atomic E-state index is -0.549. The zero-order chi connectivity index (χ0) is 17.6. The molecule has 0 bridgehead atoms. The van der Waals surface area contributed by atoms with Gasteiger partial charge in [-0.2, -0.15) is 4.98 Å². The van der Waals surface area contributed by atoms with Gasteiger partial charge in [0.2, 0.25) is 5.28 Å². The van der Waals surface area contributed by atoms with E-state index >= 15 is 0 Å². The Morgan fingerprint density at radius 2 is 2.12 bits per heavy atom. The van der Waals surface area contributed by atoms with Crippen molar-refractivity contribution in [3.05, 3.63) is 22.0 Å². The molecule has 3 rings (SSSR count). The molecule has 2 aromatic heterocycles. The van der Waals surface area contributed by atoms with Gasteiger partial charge in [-0.05, 0) is 38.8 Å². The van der Waals surface area contributed by atoms with E-state index in [9.17, 15) is 9.59 Å². The number of imidazole rings is 1. The predicted molar refractivity (Wildman–Crippen MR) is 89.2 cm³/mol. The number of nitrogens with zero attached hydrogens (tertiary/aromatic N) is 5. The number of aromatic nitrogens is 4. The van der Waals surface area contributed by atoms with Crippen LogP contribution in [-0.2, 0) is 11.8 Å². The molecule has 0 unspecified atom stereocenters. The maximum absolute atomic E-state index is 12.6. The summed E-state index contributed by atoms with van der Waals surface area (Å²) in [7, 11) is 1.67. The second-order valence-electron chi connectivity index (χ2n) is 6.93. The summed E-state index contributed by atoms with van der Waals surface area (Å²) in [5.41, 5.74) is 0.350. The second-order valence-corrected chi connectivity index (χ2v) is 7.27. The molecule has 1 atom stereocenters. The van der Waals surface area contributed by atoms with Crippen LogP contribution in [-0.4, -0.2) is 48.8 Å². The number of carbonyl (C=O) groups is 1. The average molecular weight is 354 g/mol. The Morgan fingerprint density at radius 1 is 1.42 bits per heavy atom. The minimum absolute atomic E-state index is 0.0869. The molecule has 0 spiro atoms. The molecule has 24 heavy (non-hydrogen) atoms. The maximum Gasteiger partial charge on any atom is 0.410 e. The first-order chi connectivity index (χ1) is 11.2. The van der Waals surface area contributed by atoms with E-state index < -0.39 is 5.60 Å². The molecule has 2 aromatic rings. The highest BCUT2D eigenvalue weighted by Crippen LogP contribution is 2.25. The largest absolute Gasteiger partial charge is 0.444 e. The van der Waals surface area contributed by atoms with Crippen LogP contribution >= 0.6 is 11.6 Å². The van der Waals surface area contributed by atoms with Crippen molar-refractivity contribution in [3.8, 4) is 0 Å². The predicted octanol–water partition coefficient (Wildman–Crippen LogP) is 1.97. The first-order valence-corrected chi connectivity index (χ1v) is 8.12. The van der Waals surface area contributed by atoms with Crippen molar-refractivity contribution in [1.29, 1.82) is 0 Å². The lowest BCUT2D eigenvalue weighted by Gasteiger charge is -2.24. The molecule has 8 nitrogen and oxygen atoms in total. The number of amides is 1. The van der Waals surface area contributed by atoms with E-state index in [-0.39, 0.29) is 23.1 Å². The van der Waals surface area contributed by atoms with E-state index in [0.717, 1.165) is 0 Å². The quantitative estimate of drug-likeness (QED) is 0.732. The molecule has 3 heterocycles. The van der Waals surface area contributed by atoms with Crippen LogP contribution in [0.2, 0.25) is 5.28 Å². The number of hydrogen-bond donors (Lipinski definition) is 0. The van der Waals surface area contributed by atoms with Gasteiger partial charge >= 0.3 is 11.8 Å². The summed E-state index contributed by atoms with van der Waals surface area (Å²) in [5, 5.41) is 0.0869. The molecule has 1 amide bonds. The van der Waals surface area contributed by atoms with E-state index in [1.54, 1.807) is 16.5 Å². The van der Waals surface area contributed by atoms with E-state index in [4.69, 9.17) is 16.3 Å². The van der Waals surface area contributed by atoms with Crippen molar-refractivity contribution in [2.75, 3.05) is 13.1 Å². The van der Waals surface area contributed by atoms with Crippen molar-refractivity contribution in [3.63, 3.8) is 0 Å². The third-order valence-electron chi connectivity index (χ3n) is 3.98. The smallest absolute Gasteiger partial charge is 0.410 e. The fourth-order valence-electron chi connectivity index (χ4n) is 2.89. The standard InChI is InChI=1S/C15H20ClN5O3/c1-15(2,3)24-14(23)20-6-5-9(8-20)21-11-10(19(4)13(21)22)7-17-12(16)18-11/h7,9H,5-6,8H2,1-4H3/t9-/m0/s1. The van der Waals surface area contributed by atoms with Crippen LogP contribution in [0.1, 0.15) is 33.2 Å². The van der Waals surface area contributed by atoms with Gasteiger partial charge in [-0.1, -0.05) is 0 Å². The van der Waals surface area contributed by atoms with Crippen molar-refractivity contribution in [1.82, 2.24) is 24.0 Å². The number of ether oxygens (including phenoxy) is 1. The first kappa shape index (κ1) is 16.8. The molecule has 0 aliphatic carbocycles. The molecule has 1 aliphatic heterocycles. The second kappa shape index (κ2) is 5.77. The summed E-state index contributed by atoms with van der Waals surface area (Å²) in [6, 6.07) is -0.167. The van der Waals surface area contributed by atoms with Crippen LogP contribution in [0.15, 0.2) is 11.0 Å². The van der Waals surface area contributed by atoms with E-state index in [1.165, 1.54) is 10.8 Å². The average Bonchev–Trinajstić information content (AvgIpc) is 3.02. The van der Waals surface area contributed by atoms with Crippen molar-refractivity contribution in [2.45, 2.75) is 38.8 Å². The summed E-state index contributed by atoms with van der Waals surface area (Å²) in [4.78, 5) is 34.5. The molecular weight excluding hydrogens is 334 g/mol. The normalized spacial score (nSPS) is 18.4.